The van der Waals surface area contributed by atoms with E-state index in [4.69, 9.17) is 11.6 Å². The van der Waals surface area contributed by atoms with E-state index in [-0.39, 0.29) is 0 Å². The van der Waals surface area contributed by atoms with Crippen LogP contribution >= 0.6 is 34.2 Å². The molecule has 0 radical (unpaired) electrons. The first kappa shape index (κ1) is 14.6. The second-order valence-corrected chi connectivity index (χ2v) is 5.39. The van der Waals surface area contributed by atoms with Gasteiger partial charge in [0.1, 0.15) is 0 Å². The van der Waals surface area contributed by atoms with E-state index in [0.29, 0.717) is 0 Å². The largest absolute Gasteiger partial charge is 0.361 e. The van der Waals surface area contributed by atoms with E-state index in [1.54, 1.807) is 0 Å². The molecule has 92 valence electrons. The van der Waals surface area contributed by atoms with Crippen LogP contribution in [0, 0.1) is 0 Å². The van der Waals surface area contributed by atoms with Crippen molar-refractivity contribution < 1.29 is 0 Å². The van der Waals surface area contributed by atoms with Gasteiger partial charge in [-0.05, 0) is 48.1 Å². The average molecular weight is 362 g/mol. The van der Waals surface area contributed by atoms with Gasteiger partial charge in [0.15, 0.2) is 0 Å². The van der Waals surface area contributed by atoms with Gasteiger partial charge in [0, 0.05) is 15.5 Å². The molecule has 1 nitrogen and oxygen atoms in total. The highest BCUT2D eigenvalue weighted by atomic mass is 127. The fourth-order valence-electron chi connectivity index (χ4n) is 1.43. The van der Waals surface area contributed by atoms with Crippen molar-refractivity contribution in [3.63, 3.8) is 0 Å². The summed E-state index contributed by atoms with van der Waals surface area (Å²) >= 11 is 8.55. The van der Waals surface area contributed by atoms with Crippen LogP contribution in [0.5, 0.6) is 0 Å². The van der Waals surface area contributed by atoms with Gasteiger partial charge in [-0.2, -0.15) is 0 Å². The first-order chi connectivity index (χ1) is 8.15. The van der Waals surface area contributed by atoms with Crippen molar-refractivity contribution in [3.05, 3.63) is 50.7 Å². The van der Waals surface area contributed by atoms with E-state index in [9.17, 15) is 0 Å². The van der Waals surface area contributed by atoms with Crippen LogP contribution in [0.2, 0.25) is 0 Å². The number of halogens is 2. The van der Waals surface area contributed by atoms with E-state index in [1.807, 2.05) is 36.5 Å². The van der Waals surface area contributed by atoms with E-state index in [2.05, 4.69) is 41.8 Å². The molecular weight excluding hydrogens is 345 g/mol. The minimum Gasteiger partial charge on any atom is -0.361 e. The topological polar surface area (TPSA) is 12.0 Å². The zero-order valence-electron chi connectivity index (χ0n) is 10.1. The summed E-state index contributed by atoms with van der Waals surface area (Å²) in [5, 5.41) is 4.09. The number of benzene rings is 1. The molecule has 0 saturated heterocycles. The Labute approximate surface area is 122 Å². The predicted molar refractivity (Wildman–Crippen MR) is 85.6 cm³/mol. The molecule has 0 aliphatic heterocycles. The standard InChI is InChI=1S/C14H17ClIN/c1-3-7-11(2)14(15)13(16)10-17-12-8-5-4-6-9-12/h4-6,8-10,17H,3,7H2,1-2H3/b13-10-,14-11+. The summed E-state index contributed by atoms with van der Waals surface area (Å²) in [7, 11) is 0. The maximum atomic E-state index is 6.29. The van der Waals surface area contributed by atoms with Crippen LogP contribution < -0.4 is 5.32 Å². The molecule has 0 spiro atoms. The first-order valence-corrected chi connectivity index (χ1v) is 7.13. The van der Waals surface area contributed by atoms with Crippen molar-refractivity contribution in [2.75, 3.05) is 5.32 Å². The lowest BCUT2D eigenvalue weighted by Gasteiger charge is -2.05. The minimum absolute atomic E-state index is 0.857. The summed E-state index contributed by atoms with van der Waals surface area (Å²) in [6.07, 6.45) is 4.11. The molecule has 1 aromatic carbocycles. The lowest BCUT2D eigenvalue weighted by atomic mass is 10.1. The number of nitrogens with one attached hydrogen (secondary N) is 1. The fraction of sp³-hybridized carbons (Fsp3) is 0.286. The number of hydrogen-bond acceptors (Lipinski definition) is 1. The highest BCUT2D eigenvalue weighted by molar-refractivity contribution is 14.1. The molecule has 17 heavy (non-hydrogen) atoms. The second-order valence-electron chi connectivity index (χ2n) is 3.85. The molecule has 1 rings (SSSR count). The molecule has 0 aromatic heterocycles. The van der Waals surface area contributed by atoms with Gasteiger partial charge in [-0.25, -0.2) is 0 Å². The molecule has 0 aliphatic carbocycles. The Morgan fingerprint density at radius 1 is 1.35 bits per heavy atom. The van der Waals surface area contributed by atoms with Gasteiger partial charge < -0.3 is 5.32 Å². The average Bonchev–Trinajstić information content (AvgIpc) is 2.36. The Kier molecular flexibility index (Phi) is 6.66. The zero-order valence-corrected chi connectivity index (χ0v) is 13.0. The van der Waals surface area contributed by atoms with E-state index < -0.39 is 0 Å². The van der Waals surface area contributed by atoms with Crippen LogP contribution in [-0.4, -0.2) is 0 Å². The van der Waals surface area contributed by atoms with Crippen molar-refractivity contribution in [2.45, 2.75) is 26.7 Å². The van der Waals surface area contributed by atoms with Gasteiger partial charge in [0.25, 0.3) is 0 Å². The van der Waals surface area contributed by atoms with Crippen LogP contribution in [0.15, 0.2) is 50.7 Å². The SMILES string of the molecule is CCC/C(C)=C(Cl)\C(I)=C\Nc1ccccc1. The Bertz CT molecular complexity index is 409. The number of allylic oxidation sites excluding steroid dienone is 3. The van der Waals surface area contributed by atoms with Gasteiger partial charge in [-0.3, -0.25) is 0 Å². The van der Waals surface area contributed by atoms with Crippen molar-refractivity contribution >= 4 is 39.9 Å². The summed E-state index contributed by atoms with van der Waals surface area (Å²) in [4.78, 5) is 0. The highest BCUT2D eigenvalue weighted by Crippen LogP contribution is 2.27. The summed E-state index contributed by atoms with van der Waals surface area (Å²) in [5.74, 6) is 0. The molecular formula is C14H17ClIN. The third-order valence-corrected chi connectivity index (χ3v) is 4.04. The van der Waals surface area contributed by atoms with Crippen LogP contribution in [0.25, 0.3) is 0 Å². The highest BCUT2D eigenvalue weighted by Gasteiger charge is 2.02. The molecule has 0 unspecified atom stereocenters. The number of hydrogen-bond donors (Lipinski definition) is 1. The predicted octanol–water partition coefficient (Wildman–Crippen LogP) is 5.69. The van der Waals surface area contributed by atoms with Crippen LogP contribution in [0.3, 0.4) is 0 Å². The molecule has 1 aromatic rings. The Hall–Kier alpha value is -0.480. The Morgan fingerprint density at radius 3 is 2.59 bits per heavy atom. The van der Waals surface area contributed by atoms with E-state index >= 15 is 0 Å². The molecule has 0 bridgehead atoms. The molecule has 0 saturated carbocycles. The molecule has 3 heteroatoms. The normalized spacial score (nSPS) is 13.3. The Balaban J connectivity index is 2.70. The molecule has 1 N–H and O–H groups in total. The maximum absolute atomic E-state index is 6.29. The van der Waals surface area contributed by atoms with Crippen LogP contribution in [-0.2, 0) is 0 Å². The molecule has 0 fully saturated rings. The van der Waals surface area contributed by atoms with E-state index in [1.165, 1.54) is 5.57 Å². The van der Waals surface area contributed by atoms with Crippen molar-refractivity contribution in [1.29, 1.82) is 0 Å². The van der Waals surface area contributed by atoms with Crippen molar-refractivity contribution in [1.82, 2.24) is 0 Å². The third-order valence-electron chi connectivity index (χ3n) is 2.35. The summed E-state index contributed by atoms with van der Waals surface area (Å²) in [5.41, 5.74) is 2.31. The quantitative estimate of drug-likeness (QED) is 0.525. The molecule has 0 heterocycles. The number of rotatable bonds is 5. The molecule has 0 amide bonds. The van der Waals surface area contributed by atoms with Gasteiger partial charge in [-0.1, -0.05) is 48.7 Å². The summed E-state index contributed by atoms with van der Waals surface area (Å²) in [6.45, 7) is 4.24. The van der Waals surface area contributed by atoms with Crippen molar-refractivity contribution in [3.8, 4) is 0 Å². The summed E-state index contributed by atoms with van der Waals surface area (Å²) in [6, 6.07) is 10.1. The third kappa shape index (κ3) is 5.13. The first-order valence-electron chi connectivity index (χ1n) is 5.68. The monoisotopic (exact) mass is 361 g/mol. The Morgan fingerprint density at radius 2 is 2.00 bits per heavy atom. The molecule has 0 aliphatic rings. The van der Waals surface area contributed by atoms with Gasteiger partial charge in [0.05, 0.1) is 5.03 Å². The van der Waals surface area contributed by atoms with Gasteiger partial charge in [0.2, 0.25) is 0 Å². The van der Waals surface area contributed by atoms with E-state index in [0.717, 1.165) is 27.1 Å². The zero-order chi connectivity index (χ0) is 12.7. The molecule has 0 atom stereocenters. The fourth-order valence-corrected chi connectivity index (χ4v) is 2.20. The van der Waals surface area contributed by atoms with Gasteiger partial charge in [-0.15, -0.1) is 0 Å². The minimum atomic E-state index is 0.857. The lowest BCUT2D eigenvalue weighted by Crippen LogP contribution is -1.90. The van der Waals surface area contributed by atoms with Gasteiger partial charge >= 0.3 is 0 Å². The van der Waals surface area contributed by atoms with Crippen LogP contribution in [0.4, 0.5) is 5.69 Å². The van der Waals surface area contributed by atoms with Crippen molar-refractivity contribution in [2.24, 2.45) is 0 Å². The summed E-state index contributed by atoms with van der Waals surface area (Å²) < 4.78 is 1.04. The van der Waals surface area contributed by atoms with Crippen LogP contribution in [0.1, 0.15) is 26.7 Å². The smallest absolute Gasteiger partial charge is 0.0543 e. The maximum Gasteiger partial charge on any atom is 0.0543 e. The lowest BCUT2D eigenvalue weighted by molar-refractivity contribution is 0.903. The number of para-hydroxylation sites is 1. The number of anilines is 1. The second kappa shape index (κ2) is 7.77.